The molecular weight excluding hydrogens is 650 g/mol. The second kappa shape index (κ2) is 15.8. The molecule has 4 N–H and O–H groups in total. The zero-order chi connectivity index (χ0) is 37.1. The van der Waals surface area contributed by atoms with Crippen LogP contribution in [0.25, 0.3) is 0 Å². The number of carbonyl (C=O) groups is 5. The van der Waals surface area contributed by atoms with E-state index < -0.39 is 63.4 Å². The molecule has 0 aromatic heterocycles. The van der Waals surface area contributed by atoms with E-state index >= 15 is 0 Å². The van der Waals surface area contributed by atoms with Gasteiger partial charge >= 0.3 is 6.03 Å². The topological polar surface area (TPSA) is 177 Å². The number of Topliss-reactive ketones (excluding diaryl/α,β-unsaturated/α-hetero) is 1. The number of nitrogens with one attached hydrogen (secondary N) is 4. The van der Waals surface area contributed by atoms with Gasteiger partial charge in [0.1, 0.15) is 18.1 Å². The molecule has 276 valence electrons. The largest absolute Gasteiger partial charge is 0.350 e. The number of ketones is 1. The molecule has 5 amide bonds. The van der Waals surface area contributed by atoms with Crippen LogP contribution >= 0.6 is 0 Å². The first kappa shape index (κ1) is 40.2. The van der Waals surface area contributed by atoms with Crippen LogP contribution in [0, 0.1) is 40.9 Å². The van der Waals surface area contributed by atoms with E-state index in [0.29, 0.717) is 6.54 Å². The van der Waals surface area contributed by atoms with Gasteiger partial charge in [0, 0.05) is 53.2 Å². The van der Waals surface area contributed by atoms with Gasteiger partial charge in [-0.3, -0.25) is 19.2 Å². The third-order valence-electron chi connectivity index (χ3n) is 10.6. The van der Waals surface area contributed by atoms with Gasteiger partial charge in [-0.1, -0.05) is 53.9 Å². The molecule has 3 fully saturated rings. The van der Waals surface area contributed by atoms with Crippen molar-refractivity contribution in [3.8, 4) is 12.3 Å². The fourth-order valence-corrected chi connectivity index (χ4v) is 8.23. The highest BCUT2D eigenvalue weighted by molar-refractivity contribution is 7.86. The standard InChI is InChI=1S/C34H57N7O7S/c1-11-16-23(28(42)30(44)35-12-2)36-29(43)27-25-22(34(25,6)7)19-41(27)31(45)26(21-17-14-13-15-18-21)38-32(46)37-24(33(3,4)5)20-40(10)49(47,48)39(8)9/h1,21-27H,12-20H2,2-10H3,(H,35,44)(H,36,43)(H2,37,38,46)/t22-,23?,24+,25-,26-,27-/m0/s1. The molecule has 3 rings (SSSR count). The number of rotatable bonds is 14. The minimum Gasteiger partial charge on any atom is -0.350 e. The second-order valence-electron chi connectivity index (χ2n) is 15.6. The molecule has 0 radical (unpaired) electrons. The Morgan fingerprint density at radius 2 is 1.61 bits per heavy atom. The molecule has 2 saturated carbocycles. The number of likely N-dealkylation sites (tertiary alicyclic amines) is 1. The molecule has 1 heterocycles. The Balaban J connectivity index is 1.88. The van der Waals surface area contributed by atoms with Crippen molar-refractivity contribution in [2.75, 3.05) is 40.8 Å². The molecule has 49 heavy (non-hydrogen) atoms. The summed E-state index contributed by atoms with van der Waals surface area (Å²) in [5, 5.41) is 11.0. The molecular formula is C34H57N7O7S. The summed E-state index contributed by atoms with van der Waals surface area (Å²) in [5.41, 5.74) is -0.767. The number of carbonyl (C=O) groups excluding carboxylic acids is 5. The highest BCUT2D eigenvalue weighted by Gasteiger charge is 2.69. The van der Waals surface area contributed by atoms with Gasteiger partial charge in [-0.15, -0.1) is 12.3 Å². The SMILES string of the molecule is C#CCC(NC(=O)[C@@H]1[C@@H]2[C@H](CN1C(=O)[C@@H](NC(=O)N[C@H](CN(C)S(=O)(=O)N(C)C)C(C)(C)C)C1CCCCC1)C2(C)C)C(=O)C(=O)NCC. The van der Waals surface area contributed by atoms with Crippen LogP contribution in [0.4, 0.5) is 4.79 Å². The monoisotopic (exact) mass is 707 g/mol. The molecule has 15 heteroatoms. The van der Waals surface area contributed by atoms with E-state index in [2.05, 4.69) is 27.2 Å². The summed E-state index contributed by atoms with van der Waals surface area (Å²) in [7, 11) is 0.581. The van der Waals surface area contributed by atoms with Gasteiger partial charge < -0.3 is 26.2 Å². The van der Waals surface area contributed by atoms with Crippen molar-refractivity contribution in [3.05, 3.63) is 0 Å². The van der Waals surface area contributed by atoms with Gasteiger partial charge in [-0.05, 0) is 48.3 Å². The summed E-state index contributed by atoms with van der Waals surface area (Å²) in [5.74, 6) is -0.593. The molecule has 2 aliphatic carbocycles. The van der Waals surface area contributed by atoms with Crippen molar-refractivity contribution in [1.82, 2.24) is 34.8 Å². The average Bonchev–Trinajstić information content (AvgIpc) is 3.33. The Morgan fingerprint density at radius 3 is 2.14 bits per heavy atom. The maximum Gasteiger partial charge on any atom is 0.315 e. The molecule has 0 aromatic carbocycles. The summed E-state index contributed by atoms with van der Waals surface area (Å²) in [4.78, 5) is 68.9. The van der Waals surface area contributed by atoms with E-state index in [0.717, 1.165) is 36.4 Å². The molecule has 3 aliphatic rings. The Morgan fingerprint density at radius 1 is 1.00 bits per heavy atom. The smallest absolute Gasteiger partial charge is 0.315 e. The van der Waals surface area contributed by atoms with Crippen molar-refractivity contribution in [2.24, 2.45) is 28.6 Å². The lowest BCUT2D eigenvalue weighted by Gasteiger charge is -2.38. The summed E-state index contributed by atoms with van der Waals surface area (Å²) in [6.07, 6.45) is 9.55. The molecule has 0 bridgehead atoms. The number of amides is 5. The molecule has 1 aliphatic heterocycles. The summed E-state index contributed by atoms with van der Waals surface area (Å²) >= 11 is 0. The normalized spacial score (nSPS) is 23.9. The minimum atomic E-state index is -3.74. The van der Waals surface area contributed by atoms with Crippen LogP contribution in [0.2, 0.25) is 0 Å². The van der Waals surface area contributed by atoms with Gasteiger partial charge in [-0.2, -0.15) is 17.0 Å². The molecule has 0 spiro atoms. The van der Waals surface area contributed by atoms with Crippen LogP contribution < -0.4 is 21.3 Å². The average molecular weight is 708 g/mol. The fourth-order valence-electron chi connectivity index (χ4n) is 7.34. The van der Waals surface area contributed by atoms with Crippen molar-refractivity contribution >= 4 is 39.7 Å². The second-order valence-corrected chi connectivity index (χ2v) is 17.8. The first-order chi connectivity index (χ1) is 22.7. The summed E-state index contributed by atoms with van der Waals surface area (Å²) in [6, 6.07) is -4.31. The number of likely N-dealkylation sites (N-methyl/N-ethyl adjacent to an activating group) is 2. The Bertz CT molecular complexity index is 1410. The number of terminal acetylenes is 1. The third-order valence-corrected chi connectivity index (χ3v) is 12.5. The van der Waals surface area contributed by atoms with Gasteiger partial charge in [0.2, 0.25) is 17.6 Å². The quantitative estimate of drug-likeness (QED) is 0.154. The first-order valence-corrected chi connectivity index (χ1v) is 18.7. The Hall–Kier alpha value is -3.22. The lowest BCUT2D eigenvalue weighted by Crippen LogP contribution is -2.62. The molecule has 1 saturated heterocycles. The zero-order valence-corrected chi connectivity index (χ0v) is 31.4. The summed E-state index contributed by atoms with van der Waals surface area (Å²) in [6.45, 7) is 12.0. The lowest BCUT2D eigenvalue weighted by atomic mass is 9.83. The van der Waals surface area contributed by atoms with Crippen LogP contribution in [0.5, 0.6) is 0 Å². The highest BCUT2D eigenvalue weighted by atomic mass is 32.2. The van der Waals surface area contributed by atoms with E-state index in [-0.39, 0.29) is 48.6 Å². The molecule has 1 unspecified atom stereocenters. The zero-order valence-electron chi connectivity index (χ0n) is 30.6. The van der Waals surface area contributed by atoms with Gasteiger partial charge in [0.05, 0.1) is 0 Å². The van der Waals surface area contributed by atoms with Crippen molar-refractivity contribution in [1.29, 1.82) is 0 Å². The Kier molecular flexibility index (Phi) is 12.9. The number of nitrogens with zero attached hydrogens (tertiary/aromatic N) is 3. The van der Waals surface area contributed by atoms with E-state index in [1.165, 1.54) is 30.3 Å². The fraction of sp³-hybridized carbons (Fsp3) is 0.794. The highest BCUT2D eigenvalue weighted by Crippen LogP contribution is 2.65. The molecule has 6 atom stereocenters. The maximum atomic E-state index is 14.5. The van der Waals surface area contributed by atoms with E-state index in [4.69, 9.17) is 6.42 Å². The van der Waals surface area contributed by atoms with Crippen LogP contribution in [-0.2, 0) is 29.4 Å². The van der Waals surface area contributed by atoms with Gasteiger partial charge in [0.25, 0.3) is 16.1 Å². The summed E-state index contributed by atoms with van der Waals surface area (Å²) < 4.78 is 27.8. The Labute approximate surface area is 292 Å². The predicted molar refractivity (Wildman–Crippen MR) is 186 cm³/mol. The number of urea groups is 1. The number of fused-ring (bicyclic) bond motifs is 1. The van der Waals surface area contributed by atoms with Crippen LogP contribution in [0.15, 0.2) is 0 Å². The predicted octanol–water partition coefficient (Wildman–Crippen LogP) is 1.08. The van der Waals surface area contributed by atoms with E-state index in [1.807, 2.05) is 34.6 Å². The number of hydrogen-bond acceptors (Lipinski definition) is 7. The lowest BCUT2D eigenvalue weighted by molar-refractivity contribution is -0.144. The van der Waals surface area contributed by atoms with Crippen molar-refractivity contribution in [3.63, 3.8) is 0 Å². The van der Waals surface area contributed by atoms with Crippen LogP contribution in [-0.4, -0.2) is 116 Å². The van der Waals surface area contributed by atoms with E-state index in [9.17, 15) is 32.4 Å². The first-order valence-electron chi connectivity index (χ1n) is 17.3. The third kappa shape index (κ3) is 9.12. The molecule has 14 nitrogen and oxygen atoms in total. The van der Waals surface area contributed by atoms with Crippen molar-refractivity contribution < 1.29 is 32.4 Å². The van der Waals surface area contributed by atoms with Crippen LogP contribution in [0.1, 0.15) is 80.1 Å². The number of hydrogen-bond donors (Lipinski definition) is 4. The van der Waals surface area contributed by atoms with Crippen LogP contribution in [0.3, 0.4) is 0 Å². The van der Waals surface area contributed by atoms with Crippen molar-refractivity contribution in [2.45, 2.75) is 104 Å². The van der Waals surface area contributed by atoms with E-state index in [1.54, 1.807) is 6.92 Å². The minimum absolute atomic E-state index is 0.000110. The molecule has 0 aromatic rings. The van der Waals surface area contributed by atoms with Gasteiger partial charge in [-0.25, -0.2) is 4.79 Å². The number of piperidine rings is 1. The van der Waals surface area contributed by atoms with Gasteiger partial charge in [0.15, 0.2) is 0 Å². The maximum absolute atomic E-state index is 14.5.